The number of esters is 1. The lowest BCUT2D eigenvalue weighted by Crippen LogP contribution is -2.70. The number of hydrogen-bond donors (Lipinski definition) is 2. The molecule has 10 heteroatoms. The largest absolute Gasteiger partial charge is 0.477 e. The highest BCUT2D eigenvalue weighted by atomic mass is 32.2. The number of fused-ring (bicyclic) bond motifs is 2. The van der Waals surface area contributed by atoms with E-state index < -0.39 is 29.3 Å². The third-order valence-corrected chi connectivity index (χ3v) is 7.61. The van der Waals surface area contributed by atoms with Gasteiger partial charge in [0.1, 0.15) is 23.7 Å². The molecule has 34 heavy (non-hydrogen) atoms. The van der Waals surface area contributed by atoms with Gasteiger partial charge >= 0.3 is 11.9 Å². The van der Waals surface area contributed by atoms with Crippen molar-refractivity contribution in [2.24, 2.45) is 0 Å². The summed E-state index contributed by atoms with van der Waals surface area (Å²) in [6.45, 7) is 1.30. The Morgan fingerprint density at radius 3 is 2.74 bits per heavy atom. The number of nitrogens with zero attached hydrogens (tertiary/aromatic N) is 1. The van der Waals surface area contributed by atoms with E-state index in [0.29, 0.717) is 11.3 Å². The fourth-order valence-electron chi connectivity index (χ4n) is 3.75. The Labute approximate surface area is 204 Å². The third kappa shape index (κ3) is 5.13. The summed E-state index contributed by atoms with van der Waals surface area (Å²) in [5, 5.41) is 14.2. The van der Waals surface area contributed by atoms with Crippen LogP contribution in [0.5, 0.6) is 0 Å². The van der Waals surface area contributed by atoms with Gasteiger partial charge in [-0.3, -0.25) is 19.3 Å². The van der Waals surface area contributed by atoms with Crippen LogP contribution in [0.15, 0.2) is 70.8 Å². The Bertz CT molecular complexity index is 1220. The SMILES string of the molecule is CC(=O)OC/C=C\C1=C(C(=O)O)N2C(=O)[C@@H](NC(=O)CSc3ccc4ccccc4c3)[C@H]2SC1. The Hall–Kier alpha value is -3.24. The van der Waals surface area contributed by atoms with E-state index in [-0.39, 0.29) is 24.0 Å². The monoisotopic (exact) mass is 498 g/mol. The van der Waals surface area contributed by atoms with Crippen molar-refractivity contribution in [3.05, 3.63) is 65.9 Å². The van der Waals surface area contributed by atoms with Gasteiger partial charge in [0.25, 0.3) is 5.91 Å². The standard InChI is InChI=1S/C24H22N2O6S2/c1-14(27)32-10-4-7-17-12-34-23-20(22(29)26(23)21(17)24(30)31)25-19(28)13-33-18-9-8-15-5-2-3-6-16(15)11-18/h2-9,11,20,23H,10,12-13H2,1H3,(H,25,28)(H,30,31)/b7-4-/t20-,23-/m1/s1. The summed E-state index contributed by atoms with van der Waals surface area (Å²) in [5.74, 6) is -1.90. The number of carbonyl (C=O) groups is 4. The van der Waals surface area contributed by atoms with Gasteiger partial charge in [-0.25, -0.2) is 4.79 Å². The normalized spacial score (nSPS) is 19.7. The Morgan fingerprint density at radius 1 is 1.24 bits per heavy atom. The van der Waals surface area contributed by atoms with Crippen LogP contribution in [0.2, 0.25) is 0 Å². The number of β-lactam (4-membered cyclic amide) rings is 1. The van der Waals surface area contributed by atoms with Crippen molar-refractivity contribution in [2.75, 3.05) is 18.1 Å². The van der Waals surface area contributed by atoms with Gasteiger partial charge in [0.05, 0.1) is 5.75 Å². The number of benzene rings is 2. The van der Waals surface area contributed by atoms with E-state index in [1.165, 1.54) is 41.4 Å². The maximum absolute atomic E-state index is 12.7. The highest BCUT2D eigenvalue weighted by molar-refractivity contribution is 8.00. The second-order valence-corrected chi connectivity index (χ2v) is 9.79. The van der Waals surface area contributed by atoms with Crippen molar-refractivity contribution < 1.29 is 29.0 Å². The lowest BCUT2D eigenvalue weighted by Gasteiger charge is -2.49. The molecule has 2 heterocycles. The molecule has 0 aliphatic carbocycles. The van der Waals surface area contributed by atoms with E-state index in [1.807, 2.05) is 42.5 Å². The maximum Gasteiger partial charge on any atom is 0.352 e. The molecule has 2 atom stereocenters. The Kier molecular flexibility index (Phi) is 7.28. The van der Waals surface area contributed by atoms with Crippen LogP contribution in [0, 0.1) is 0 Å². The summed E-state index contributed by atoms with van der Waals surface area (Å²) in [6.07, 6.45) is 3.09. The number of amides is 2. The van der Waals surface area contributed by atoms with E-state index >= 15 is 0 Å². The molecule has 2 aliphatic heterocycles. The molecule has 4 rings (SSSR count). The van der Waals surface area contributed by atoms with E-state index in [4.69, 9.17) is 4.74 Å². The average molecular weight is 499 g/mol. The summed E-state index contributed by atoms with van der Waals surface area (Å²) >= 11 is 2.76. The number of carboxylic acids is 1. The second-order valence-electron chi connectivity index (χ2n) is 7.64. The van der Waals surface area contributed by atoms with Crippen LogP contribution in [0.1, 0.15) is 6.92 Å². The number of carboxylic acid groups (broad SMARTS) is 1. The molecule has 1 saturated heterocycles. The van der Waals surface area contributed by atoms with Gasteiger partial charge in [0.15, 0.2) is 0 Å². The lowest BCUT2D eigenvalue weighted by atomic mass is 10.0. The van der Waals surface area contributed by atoms with E-state index in [1.54, 1.807) is 6.08 Å². The summed E-state index contributed by atoms with van der Waals surface area (Å²) < 4.78 is 4.82. The third-order valence-electron chi connectivity index (χ3n) is 5.31. The topological polar surface area (TPSA) is 113 Å². The van der Waals surface area contributed by atoms with Crippen LogP contribution in [-0.2, 0) is 23.9 Å². The number of carbonyl (C=O) groups excluding carboxylic acids is 3. The van der Waals surface area contributed by atoms with E-state index in [0.717, 1.165) is 15.7 Å². The molecule has 0 unspecified atom stereocenters. The number of rotatable bonds is 8. The van der Waals surface area contributed by atoms with Gasteiger partial charge in [-0.05, 0) is 34.6 Å². The van der Waals surface area contributed by atoms with Crippen LogP contribution in [0.4, 0.5) is 0 Å². The molecular weight excluding hydrogens is 476 g/mol. The zero-order valence-corrected chi connectivity index (χ0v) is 19.9. The van der Waals surface area contributed by atoms with Crippen LogP contribution < -0.4 is 5.32 Å². The summed E-state index contributed by atoms with van der Waals surface area (Å²) in [7, 11) is 0. The van der Waals surface area contributed by atoms with Gasteiger partial charge in [0, 0.05) is 17.6 Å². The number of hydrogen-bond acceptors (Lipinski definition) is 7. The predicted octanol–water partition coefficient (Wildman–Crippen LogP) is 2.79. The Morgan fingerprint density at radius 2 is 2.00 bits per heavy atom. The number of ether oxygens (including phenoxy) is 1. The molecule has 2 aromatic carbocycles. The lowest BCUT2D eigenvalue weighted by molar-refractivity contribution is -0.150. The molecule has 2 aromatic rings. The minimum absolute atomic E-state index is 0.0152. The number of aliphatic carboxylic acids is 1. The molecule has 0 saturated carbocycles. The average Bonchev–Trinajstić information content (AvgIpc) is 2.82. The van der Waals surface area contributed by atoms with Gasteiger partial charge in [-0.2, -0.15) is 0 Å². The second kappa shape index (κ2) is 10.4. The molecule has 0 radical (unpaired) electrons. The fourth-order valence-corrected chi connectivity index (χ4v) is 5.82. The van der Waals surface area contributed by atoms with Gasteiger partial charge in [-0.1, -0.05) is 36.4 Å². The van der Waals surface area contributed by atoms with Crippen molar-refractivity contribution in [3.8, 4) is 0 Å². The molecule has 176 valence electrons. The minimum Gasteiger partial charge on any atom is -0.477 e. The molecular formula is C24H22N2O6S2. The van der Waals surface area contributed by atoms with Crippen LogP contribution >= 0.6 is 23.5 Å². The molecule has 2 N–H and O–H groups in total. The number of thioether (sulfide) groups is 2. The van der Waals surface area contributed by atoms with E-state index in [2.05, 4.69) is 5.32 Å². The summed E-state index contributed by atoms with van der Waals surface area (Å²) in [4.78, 5) is 50.1. The van der Waals surface area contributed by atoms with Crippen molar-refractivity contribution in [1.29, 1.82) is 0 Å². The van der Waals surface area contributed by atoms with Crippen LogP contribution in [0.25, 0.3) is 10.8 Å². The van der Waals surface area contributed by atoms with Gasteiger partial charge in [0.2, 0.25) is 5.91 Å². The quantitative estimate of drug-likeness (QED) is 0.325. The highest BCUT2D eigenvalue weighted by Crippen LogP contribution is 2.40. The van der Waals surface area contributed by atoms with Crippen molar-refractivity contribution >= 4 is 58.0 Å². The first kappa shape index (κ1) is 23.9. The molecule has 0 spiro atoms. The first-order valence-electron chi connectivity index (χ1n) is 10.5. The first-order chi connectivity index (χ1) is 16.3. The highest BCUT2D eigenvalue weighted by Gasteiger charge is 2.53. The molecule has 0 aromatic heterocycles. The number of nitrogens with one attached hydrogen (secondary N) is 1. The molecule has 1 fully saturated rings. The summed E-state index contributed by atoms with van der Waals surface area (Å²) in [6, 6.07) is 13.2. The molecule has 8 nitrogen and oxygen atoms in total. The van der Waals surface area contributed by atoms with Gasteiger partial charge in [-0.15, -0.1) is 23.5 Å². The molecule has 2 amide bonds. The van der Waals surface area contributed by atoms with Crippen molar-refractivity contribution in [2.45, 2.75) is 23.2 Å². The Balaban J connectivity index is 1.36. The smallest absolute Gasteiger partial charge is 0.352 e. The fraction of sp³-hybridized carbons (Fsp3) is 0.250. The predicted molar refractivity (Wildman–Crippen MR) is 130 cm³/mol. The van der Waals surface area contributed by atoms with Crippen molar-refractivity contribution in [3.63, 3.8) is 0 Å². The zero-order chi connectivity index (χ0) is 24.2. The van der Waals surface area contributed by atoms with Crippen molar-refractivity contribution in [1.82, 2.24) is 10.2 Å². The first-order valence-corrected chi connectivity index (χ1v) is 12.5. The van der Waals surface area contributed by atoms with E-state index in [9.17, 15) is 24.3 Å². The van der Waals surface area contributed by atoms with Crippen LogP contribution in [0.3, 0.4) is 0 Å². The van der Waals surface area contributed by atoms with Gasteiger partial charge < -0.3 is 15.2 Å². The minimum atomic E-state index is -1.22. The number of allylic oxidation sites excluding steroid dienone is 1. The molecule has 0 bridgehead atoms. The maximum atomic E-state index is 12.7. The zero-order valence-electron chi connectivity index (χ0n) is 18.2. The van der Waals surface area contributed by atoms with Crippen LogP contribution in [-0.4, -0.2) is 63.3 Å². The summed E-state index contributed by atoms with van der Waals surface area (Å²) in [5.41, 5.74) is 0.342. The molecule has 2 aliphatic rings.